The van der Waals surface area contributed by atoms with Crippen LogP contribution >= 0.6 is 0 Å². The molecular weight excluding hydrogens is 186 g/mol. The third-order valence-corrected chi connectivity index (χ3v) is 3.21. The Labute approximate surface area is 90.9 Å². The first kappa shape index (κ1) is 10.2. The van der Waals surface area contributed by atoms with Crippen LogP contribution in [0.25, 0.3) is 0 Å². The quantitative estimate of drug-likeness (QED) is 0.752. The van der Waals surface area contributed by atoms with Gasteiger partial charge < -0.3 is 4.90 Å². The van der Waals surface area contributed by atoms with Gasteiger partial charge in [-0.2, -0.15) is 0 Å². The second-order valence-corrected chi connectivity index (χ2v) is 4.07. The molecule has 2 nitrogen and oxygen atoms in total. The van der Waals surface area contributed by atoms with Crippen molar-refractivity contribution in [3.63, 3.8) is 0 Å². The summed E-state index contributed by atoms with van der Waals surface area (Å²) in [4.78, 5) is 13.9. The Morgan fingerprint density at radius 1 is 1.47 bits per heavy atom. The van der Waals surface area contributed by atoms with Crippen LogP contribution in [0.2, 0.25) is 0 Å². The molecule has 1 heterocycles. The lowest BCUT2D eigenvalue weighted by molar-refractivity contribution is -0.119. The molecule has 1 atom stereocenters. The predicted octanol–water partition coefficient (Wildman–Crippen LogP) is 2.42. The van der Waals surface area contributed by atoms with Crippen molar-refractivity contribution in [2.45, 2.75) is 32.7 Å². The number of Topliss-reactive ketones (excluding diaryl/α,β-unsaturated/α-hetero) is 1. The maximum absolute atomic E-state index is 11.7. The molecule has 0 N–H and O–H groups in total. The van der Waals surface area contributed by atoms with Crippen molar-refractivity contribution >= 4 is 11.5 Å². The number of carbonyl (C=O) groups is 1. The number of rotatable bonds is 3. The van der Waals surface area contributed by atoms with Crippen molar-refractivity contribution in [1.82, 2.24) is 0 Å². The highest BCUT2D eigenvalue weighted by molar-refractivity contribution is 5.87. The molecule has 1 aromatic carbocycles. The minimum absolute atomic E-state index is 0.0265. The van der Waals surface area contributed by atoms with Crippen LogP contribution in [-0.2, 0) is 11.2 Å². The molecule has 0 saturated heterocycles. The van der Waals surface area contributed by atoms with E-state index in [1.807, 2.05) is 19.9 Å². The normalized spacial score (nSPS) is 16.3. The van der Waals surface area contributed by atoms with Crippen LogP contribution in [0, 0.1) is 0 Å². The summed E-state index contributed by atoms with van der Waals surface area (Å²) in [7, 11) is 0. The van der Waals surface area contributed by atoms with Gasteiger partial charge in [-0.05, 0) is 25.0 Å². The second-order valence-electron chi connectivity index (χ2n) is 4.07. The molecular formula is C13H17NO. The SMILES string of the molecule is CCC(=O)C(C)N1CCc2ccccc21. The lowest BCUT2D eigenvalue weighted by atomic mass is 10.1. The maximum Gasteiger partial charge on any atom is 0.154 e. The molecule has 0 amide bonds. The summed E-state index contributed by atoms with van der Waals surface area (Å²) in [6.45, 7) is 4.92. The van der Waals surface area contributed by atoms with Crippen LogP contribution in [0.3, 0.4) is 0 Å². The van der Waals surface area contributed by atoms with Gasteiger partial charge in [0.25, 0.3) is 0 Å². The summed E-state index contributed by atoms with van der Waals surface area (Å²) in [6.07, 6.45) is 1.69. The second kappa shape index (κ2) is 4.05. The molecule has 2 rings (SSSR count). The van der Waals surface area contributed by atoms with Crippen LogP contribution in [-0.4, -0.2) is 18.4 Å². The Kier molecular flexibility index (Phi) is 2.76. The molecule has 15 heavy (non-hydrogen) atoms. The first-order chi connectivity index (χ1) is 7.24. The van der Waals surface area contributed by atoms with E-state index >= 15 is 0 Å². The lowest BCUT2D eigenvalue weighted by Gasteiger charge is -2.25. The number of anilines is 1. The molecule has 2 heteroatoms. The van der Waals surface area contributed by atoms with E-state index in [0.29, 0.717) is 12.2 Å². The van der Waals surface area contributed by atoms with E-state index in [1.165, 1.54) is 11.3 Å². The molecule has 0 fully saturated rings. The van der Waals surface area contributed by atoms with Gasteiger partial charge in [0, 0.05) is 18.7 Å². The highest BCUT2D eigenvalue weighted by Gasteiger charge is 2.25. The van der Waals surface area contributed by atoms with E-state index in [-0.39, 0.29) is 6.04 Å². The molecule has 1 aliphatic heterocycles. The highest BCUT2D eigenvalue weighted by atomic mass is 16.1. The lowest BCUT2D eigenvalue weighted by Crippen LogP contribution is -2.37. The van der Waals surface area contributed by atoms with E-state index in [4.69, 9.17) is 0 Å². The van der Waals surface area contributed by atoms with Crippen LogP contribution < -0.4 is 4.90 Å². The molecule has 0 bridgehead atoms. The Bertz CT molecular complexity index is 373. The van der Waals surface area contributed by atoms with Crippen LogP contribution in [0.15, 0.2) is 24.3 Å². The Morgan fingerprint density at radius 2 is 2.20 bits per heavy atom. The minimum atomic E-state index is 0.0265. The van der Waals surface area contributed by atoms with E-state index in [1.54, 1.807) is 0 Å². The topological polar surface area (TPSA) is 20.3 Å². The van der Waals surface area contributed by atoms with Crippen LogP contribution in [0.4, 0.5) is 5.69 Å². The summed E-state index contributed by atoms with van der Waals surface area (Å²) in [5.74, 6) is 0.326. The first-order valence-corrected chi connectivity index (χ1v) is 5.61. The number of hydrogen-bond donors (Lipinski definition) is 0. The summed E-state index contributed by atoms with van der Waals surface area (Å²) in [6, 6.07) is 8.40. The zero-order valence-electron chi connectivity index (χ0n) is 9.36. The predicted molar refractivity (Wildman–Crippen MR) is 62.3 cm³/mol. The largest absolute Gasteiger partial charge is 0.361 e. The highest BCUT2D eigenvalue weighted by Crippen LogP contribution is 2.29. The van der Waals surface area contributed by atoms with Gasteiger partial charge in [-0.3, -0.25) is 4.79 Å². The van der Waals surface area contributed by atoms with Gasteiger partial charge in [-0.15, -0.1) is 0 Å². The fraction of sp³-hybridized carbons (Fsp3) is 0.462. The van der Waals surface area contributed by atoms with Crippen LogP contribution in [0.5, 0.6) is 0 Å². The number of nitrogens with zero attached hydrogens (tertiary/aromatic N) is 1. The minimum Gasteiger partial charge on any atom is -0.361 e. The fourth-order valence-corrected chi connectivity index (χ4v) is 2.24. The average Bonchev–Trinajstić information content (AvgIpc) is 2.70. The van der Waals surface area contributed by atoms with E-state index < -0.39 is 0 Å². The van der Waals surface area contributed by atoms with Crippen molar-refractivity contribution in [2.75, 3.05) is 11.4 Å². The van der Waals surface area contributed by atoms with E-state index in [2.05, 4.69) is 23.1 Å². The monoisotopic (exact) mass is 203 g/mol. The smallest absolute Gasteiger partial charge is 0.154 e. The van der Waals surface area contributed by atoms with Crippen molar-refractivity contribution in [3.8, 4) is 0 Å². The fourth-order valence-electron chi connectivity index (χ4n) is 2.24. The van der Waals surface area contributed by atoms with Gasteiger partial charge in [-0.25, -0.2) is 0 Å². The number of para-hydroxylation sites is 1. The van der Waals surface area contributed by atoms with Gasteiger partial charge in [0.2, 0.25) is 0 Å². The summed E-state index contributed by atoms with van der Waals surface area (Å²) in [5, 5.41) is 0. The summed E-state index contributed by atoms with van der Waals surface area (Å²) < 4.78 is 0. The zero-order valence-corrected chi connectivity index (χ0v) is 9.36. The van der Waals surface area contributed by atoms with E-state index in [0.717, 1.165) is 13.0 Å². The molecule has 0 saturated carbocycles. The maximum atomic E-state index is 11.7. The molecule has 0 aromatic heterocycles. The molecule has 1 aromatic rings. The number of benzene rings is 1. The molecule has 0 aliphatic carbocycles. The molecule has 80 valence electrons. The molecule has 1 unspecified atom stereocenters. The summed E-state index contributed by atoms with van der Waals surface area (Å²) >= 11 is 0. The third-order valence-electron chi connectivity index (χ3n) is 3.21. The summed E-state index contributed by atoms with van der Waals surface area (Å²) in [5.41, 5.74) is 2.61. The van der Waals surface area contributed by atoms with Crippen molar-refractivity contribution < 1.29 is 4.79 Å². The van der Waals surface area contributed by atoms with Crippen molar-refractivity contribution in [3.05, 3.63) is 29.8 Å². The van der Waals surface area contributed by atoms with Gasteiger partial charge in [0.15, 0.2) is 5.78 Å². The third kappa shape index (κ3) is 1.76. The Hall–Kier alpha value is -1.31. The number of ketones is 1. The standard InChI is InChI=1S/C13H17NO/c1-3-13(15)10(2)14-9-8-11-6-4-5-7-12(11)14/h4-7,10H,3,8-9H2,1-2H3. The molecule has 0 radical (unpaired) electrons. The van der Waals surface area contributed by atoms with E-state index in [9.17, 15) is 4.79 Å². The number of fused-ring (bicyclic) bond motifs is 1. The van der Waals surface area contributed by atoms with Gasteiger partial charge in [0.05, 0.1) is 6.04 Å². The zero-order chi connectivity index (χ0) is 10.8. The number of carbonyl (C=O) groups excluding carboxylic acids is 1. The molecule has 0 spiro atoms. The van der Waals surface area contributed by atoms with Crippen molar-refractivity contribution in [1.29, 1.82) is 0 Å². The first-order valence-electron chi connectivity index (χ1n) is 5.61. The van der Waals surface area contributed by atoms with Gasteiger partial charge >= 0.3 is 0 Å². The van der Waals surface area contributed by atoms with Crippen LogP contribution in [0.1, 0.15) is 25.8 Å². The average molecular weight is 203 g/mol. The van der Waals surface area contributed by atoms with Gasteiger partial charge in [0.1, 0.15) is 0 Å². The Balaban J connectivity index is 2.24. The molecule has 1 aliphatic rings. The van der Waals surface area contributed by atoms with Crippen molar-refractivity contribution in [2.24, 2.45) is 0 Å². The van der Waals surface area contributed by atoms with Gasteiger partial charge in [-0.1, -0.05) is 25.1 Å². The number of hydrogen-bond acceptors (Lipinski definition) is 2. The Morgan fingerprint density at radius 3 is 2.93 bits per heavy atom.